The Bertz CT molecular complexity index is 229. The third-order valence-corrected chi connectivity index (χ3v) is 1.48. The molecule has 0 aliphatic rings. The number of nitrogens with two attached hydrogens (primary N) is 1. The zero-order valence-corrected chi connectivity index (χ0v) is 6.10. The molecule has 0 saturated carbocycles. The van der Waals surface area contributed by atoms with E-state index in [4.69, 9.17) is 5.73 Å². The Morgan fingerprint density at radius 3 is 2.58 bits per heavy atom. The van der Waals surface area contributed by atoms with Crippen molar-refractivity contribution in [3.05, 3.63) is 18.2 Å². The first-order chi connectivity index (χ1) is 5.55. The van der Waals surface area contributed by atoms with E-state index in [1.165, 1.54) is 12.4 Å². The molecule has 0 fully saturated rings. The summed E-state index contributed by atoms with van der Waals surface area (Å²) in [7, 11) is 0. The minimum atomic E-state index is -4.33. The molecule has 12 heavy (non-hydrogen) atoms. The zero-order chi connectivity index (χ0) is 9.19. The predicted molar refractivity (Wildman–Crippen MR) is 36.4 cm³/mol. The fourth-order valence-corrected chi connectivity index (χ4v) is 0.868. The van der Waals surface area contributed by atoms with Gasteiger partial charge in [0.1, 0.15) is 11.7 Å². The first-order valence-corrected chi connectivity index (χ1v) is 3.31. The van der Waals surface area contributed by atoms with Crippen molar-refractivity contribution in [2.75, 3.05) is 6.54 Å². The number of halogens is 3. The highest BCUT2D eigenvalue weighted by Crippen LogP contribution is 2.31. The van der Waals surface area contributed by atoms with Crippen molar-refractivity contribution in [2.45, 2.75) is 12.1 Å². The summed E-state index contributed by atoms with van der Waals surface area (Å²) in [5, 5.41) is 0. The molecular formula is C6H8F3N3. The lowest BCUT2D eigenvalue weighted by Gasteiger charge is -2.15. The van der Waals surface area contributed by atoms with Crippen molar-refractivity contribution in [3.63, 3.8) is 0 Å². The van der Waals surface area contributed by atoms with E-state index in [1.807, 2.05) is 0 Å². The molecule has 0 aliphatic heterocycles. The number of nitrogens with one attached hydrogen (secondary N) is 1. The Morgan fingerprint density at radius 1 is 1.58 bits per heavy atom. The van der Waals surface area contributed by atoms with Crippen molar-refractivity contribution in [1.82, 2.24) is 9.97 Å². The molecule has 6 heteroatoms. The molecule has 0 bridgehead atoms. The van der Waals surface area contributed by atoms with E-state index in [2.05, 4.69) is 9.97 Å². The van der Waals surface area contributed by atoms with Crippen molar-refractivity contribution in [3.8, 4) is 0 Å². The number of hydrogen-bond donors (Lipinski definition) is 2. The predicted octanol–water partition coefficient (Wildman–Crippen LogP) is 1.01. The third kappa shape index (κ3) is 1.76. The van der Waals surface area contributed by atoms with Crippen LogP contribution in [0.4, 0.5) is 13.2 Å². The molecule has 1 aromatic rings. The molecule has 0 amide bonds. The van der Waals surface area contributed by atoms with E-state index in [-0.39, 0.29) is 5.82 Å². The highest BCUT2D eigenvalue weighted by Gasteiger charge is 2.41. The monoisotopic (exact) mass is 179 g/mol. The Hall–Kier alpha value is -1.04. The SMILES string of the molecule is NCC(c1ncc[nH]1)C(F)(F)F. The van der Waals surface area contributed by atoms with Crippen LogP contribution < -0.4 is 5.73 Å². The lowest BCUT2D eigenvalue weighted by Crippen LogP contribution is -2.28. The zero-order valence-electron chi connectivity index (χ0n) is 6.10. The minimum Gasteiger partial charge on any atom is -0.348 e. The summed E-state index contributed by atoms with van der Waals surface area (Å²) >= 11 is 0. The van der Waals surface area contributed by atoms with Crippen LogP contribution in [-0.2, 0) is 0 Å². The largest absolute Gasteiger partial charge is 0.399 e. The highest BCUT2D eigenvalue weighted by molar-refractivity contribution is 5.00. The third-order valence-electron chi connectivity index (χ3n) is 1.48. The lowest BCUT2D eigenvalue weighted by molar-refractivity contribution is -0.149. The van der Waals surface area contributed by atoms with E-state index >= 15 is 0 Å². The van der Waals surface area contributed by atoms with Gasteiger partial charge in [-0.25, -0.2) is 4.98 Å². The average molecular weight is 179 g/mol. The molecule has 0 saturated heterocycles. The van der Waals surface area contributed by atoms with Gasteiger partial charge in [0.15, 0.2) is 0 Å². The maximum Gasteiger partial charge on any atom is 0.399 e. The van der Waals surface area contributed by atoms with Crippen LogP contribution >= 0.6 is 0 Å². The van der Waals surface area contributed by atoms with Gasteiger partial charge in [0, 0.05) is 18.9 Å². The maximum atomic E-state index is 12.1. The van der Waals surface area contributed by atoms with E-state index in [9.17, 15) is 13.2 Å². The van der Waals surface area contributed by atoms with Crippen LogP contribution in [-0.4, -0.2) is 22.7 Å². The number of H-pyrrole nitrogens is 1. The quantitative estimate of drug-likeness (QED) is 0.711. The summed E-state index contributed by atoms with van der Waals surface area (Å²) in [4.78, 5) is 5.88. The number of hydrogen-bond acceptors (Lipinski definition) is 2. The minimum absolute atomic E-state index is 0.134. The normalized spacial score (nSPS) is 14.7. The van der Waals surface area contributed by atoms with Crippen LogP contribution in [0.25, 0.3) is 0 Å². The number of aromatic nitrogens is 2. The van der Waals surface area contributed by atoms with E-state index < -0.39 is 18.6 Å². The van der Waals surface area contributed by atoms with E-state index in [0.717, 1.165) is 0 Å². The maximum absolute atomic E-state index is 12.1. The number of imidazole rings is 1. The first-order valence-electron chi connectivity index (χ1n) is 3.31. The van der Waals surface area contributed by atoms with Crippen molar-refractivity contribution in [2.24, 2.45) is 5.73 Å². The van der Waals surface area contributed by atoms with Crippen LogP contribution in [0.5, 0.6) is 0 Å². The fourth-order valence-electron chi connectivity index (χ4n) is 0.868. The summed E-state index contributed by atoms with van der Waals surface area (Å²) in [5.74, 6) is -1.82. The molecule has 3 nitrogen and oxygen atoms in total. The molecule has 3 N–H and O–H groups in total. The van der Waals surface area contributed by atoms with E-state index in [0.29, 0.717) is 0 Å². The number of rotatable bonds is 2. The average Bonchev–Trinajstić information content (AvgIpc) is 2.38. The summed E-state index contributed by atoms with van der Waals surface area (Å²) in [6.07, 6.45) is -1.72. The van der Waals surface area contributed by atoms with Gasteiger partial charge < -0.3 is 10.7 Å². The Kier molecular flexibility index (Phi) is 2.37. The number of alkyl halides is 3. The van der Waals surface area contributed by atoms with Crippen LogP contribution in [0, 0.1) is 0 Å². The molecule has 0 aliphatic carbocycles. The molecule has 68 valence electrons. The summed E-state index contributed by atoms with van der Waals surface area (Å²) < 4.78 is 36.4. The smallest absolute Gasteiger partial charge is 0.348 e. The topological polar surface area (TPSA) is 54.7 Å². The van der Waals surface area contributed by atoms with Gasteiger partial charge >= 0.3 is 6.18 Å². The van der Waals surface area contributed by atoms with Crippen LogP contribution in [0.15, 0.2) is 12.4 Å². The second kappa shape index (κ2) is 3.14. The van der Waals surface area contributed by atoms with Gasteiger partial charge in [0.2, 0.25) is 0 Å². The Labute approximate surface area is 66.8 Å². The van der Waals surface area contributed by atoms with Crippen molar-refractivity contribution < 1.29 is 13.2 Å². The molecule has 1 unspecified atom stereocenters. The first kappa shape index (κ1) is 9.05. The standard InChI is InChI=1S/C6H8F3N3/c7-6(8,9)4(3-10)5-11-1-2-12-5/h1-2,4H,3,10H2,(H,11,12). The second-order valence-electron chi connectivity index (χ2n) is 2.30. The molecule has 0 radical (unpaired) electrons. The van der Waals surface area contributed by atoms with Gasteiger partial charge in [-0.2, -0.15) is 13.2 Å². The van der Waals surface area contributed by atoms with E-state index in [1.54, 1.807) is 0 Å². The van der Waals surface area contributed by atoms with Crippen LogP contribution in [0.1, 0.15) is 11.7 Å². The molecule has 0 aromatic carbocycles. The lowest BCUT2D eigenvalue weighted by atomic mass is 10.1. The van der Waals surface area contributed by atoms with Crippen LogP contribution in [0.2, 0.25) is 0 Å². The highest BCUT2D eigenvalue weighted by atomic mass is 19.4. The number of aromatic amines is 1. The number of nitrogens with zero attached hydrogens (tertiary/aromatic N) is 1. The van der Waals surface area contributed by atoms with Gasteiger partial charge in [0.25, 0.3) is 0 Å². The van der Waals surface area contributed by atoms with Crippen molar-refractivity contribution in [1.29, 1.82) is 0 Å². The second-order valence-corrected chi connectivity index (χ2v) is 2.30. The van der Waals surface area contributed by atoms with Gasteiger partial charge in [-0.1, -0.05) is 0 Å². The van der Waals surface area contributed by atoms with Gasteiger partial charge in [0.05, 0.1) is 0 Å². The molecular weight excluding hydrogens is 171 g/mol. The van der Waals surface area contributed by atoms with Gasteiger partial charge in [-0.3, -0.25) is 0 Å². The van der Waals surface area contributed by atoms with Crippen molar-refractivity contribution >= 4 is 0 Å². The van der Waals surface area contributed by atoms with Gasteiger partial charge in [-0.15, -0.1) is 0 Å². The Morgan fingerprint density at radius 2 is 2.25 bits per heavy atom. The molecule has 1 heterocycles. The van der Waals surface area contributed by atoms with Gasteiger partial charge in [-0.05, 0) is 0 Å². The molecule has 0 spiro atoms. The molecule has 1 rings (SSSR count). The summed E-state index contributed by atoms with van der Waals surface area (Å²) in [6, 6.07) is 0. The Balaban J connectivity index is 2.84. The summed E-state index contributed by atoms with van der Waals surface area (Å²) in [6.45, 7) is -0.489. The summed E-state index contributed by atoms with van der Waals surface area (Å²) in [5.41, 5.74) is 4.97. The molecule has 1 aromatic heterocycles. The molecule has 1 atom stereocenters. The fraction of sp³-hybridized carbons (Fsp3) is 0.500. The van der Waals surface area contributed by atoms with Crippen LogP contribution in [0.3, 0.4) is 0 Å².